The SMILES string of the molecule is CC(C)(C)OC(=O)CC1CCC(Nc2cc3c(-c4cc5ccccc5o4)cncc3cc2Cl)CC1. The Bertz CT molecular complexity index is 1330. The van der Waals surface area contributed by atoms with Crippen LogP contribution in [0.1, 0.15) is 52.9 Å². The van der Waals surface area contributed by atoms with Crippen LogP contribution in [0.4, 0.5) is 5.69 Å². The van der Waals surface area contributed by atoms with E-state index in [1.165, 1.54) is 0 Å². The second-order valence-corrected chi connectivity index (χ2v) is 10.9. The van der Waals surface area contributed by atoms with Gasteiger partial charge in [0.1, 0.15) is 16.9 Å². The summed E-state index contributed by atoms with van der Waals surface area (Å²) >= 11 is 6.67. The Morgan fingerprint density at radius 3 is 2.60 bits per heavy atom. The van der Waals surface area contributed by atoms with E-state index in [-0.39, 0.29) is 5.97 Å². The quantitative estimate of drug-likeness (QED) is 0.287. The molecular formula is C29H31ClN2O3. The van der Waals surface area contributed by atoms with Crippen LogP contribution in [-0.4, -0.2) is 22.6 Å². The van der Waals surface area contributed by atoms with E-state index in [0.29, 0.717) is 23.4 Å². The van der Waals surface area contributed by atoms with E-state index in [1.807, 2.05) is 63.5 Å². The van der Waals surface area contributed by atoms with Crippen molar-refractivity contribution in [1.29, 1.82) is 0 Å². The van der Waals surface area contributed by atoms with Crippen molar-refractivity contribution in [3.8, 4) is 11.3 Å². The van der Waals surface area contributed by atoms with E-state index in [4.69, 9.17) is 20.8 Å². The number of carbonyl (C=O) groups excluding carboxylic acids is 1. The molecule has 0 aliphatic heterocycles. The lowest BCUT2D eigenvalue weighted by Gasteiger charge is -2.30. The van der Waals surface area contributed by atoms with Gasteiger partial charge in [0.15, 0.2) is 0 Å². The number of halogens is 1. The number of para-hydroxylation sites is 1. The second kappa shape index (κ2) is 9.54. The third-order valence-corrected chi connectivity index (χ3v) is 6.93. The molecule has 5 nitrogen and oxygen atoms in total. The number of rotatable bonds is 5. The molecule has 1 aliphatic rings. The Kier molecular flexibility index (Phi) is 6.45. The minimum absolute atomic E-state index is 0.0989. The maximum absolute atomic E-state index is 12.2. The predicted molar refractivity (Wildman–Crippen MR) is 142 cm³/mol. The molecule has 5 rings (SSSR count). The zero-order valence-corrected chi connectivity index (χ0v) is 21.2. The highest BCUT2D eigenvalue weighted by Gasteiger charge is 2.26. The van der Waals surface area contributed by atoms with Crippen LogP contribution in [0.15, 0.2) is 59.3 Å². The Labute approximate surface area is 210 Å². The van der Waals surface area contributed by atoms with E-state index in [9.17, 15) is 4.79 Å². The molecule has 0 radical (unpaired) electrons. The maximum atomic E-state index is 12.2. The zero-order chi connectivity index (χ0) is 24.6. The lowest BCUT2D eigenvalue weighted by molar-refractivity contribution is -0.156. The molecule has 0 unspecified atom stereocenters. The number of hydrogen-bond donors (Lipinski definition) is 1. The van der Waals surface area contributed by atoms with Gasteiger partial charge in [-0.3, -0.25) is 9.78 Å². The number of furan rings is 1. The first-order valence-electron chi connectivity index (χ1n) is 12.3. The summed E-state index contributed by atoms with van der Waals surface area (Å²) in [5.41, 5.74) is 2.28. The minimum Gasteiger partial charge on any atom is -0.460 e. The van der Waals surface area contributed by atoms with Crippen molar-refractivity contribution in [2.45, 2.75) is 64.5 Å². The van der Waals surface area contributed by atoms with Gasteiger partial charge >= 0.3 is 5.97 Å². The molecule has 1 saturated carbocycles. The first kappa shape index (κ1) is 23.7. The van der Waals surface area contributed by atoms with Crippen molar-refractivity contribution in [1.82, 2.24) is 4.98 Å². The molecule has 0 spiro atoms. The molecule has 35 heavy (non-hydrogen) atoms. The van der Waals surface area contributed by atoms with Crippen molar-refractivity contribution >= 4 is 45.0 Å². The van der Waals surface area contributed by atoms with Gasteiger partial charge in [-0.2, -0.15) is 0 Å². The van der Waals surface area contributed by atoms with E-state index >= 15 is 0 Å². The van der Waals surface area contributed by atoms with Crippen LogP contribution in [0.5, 0.6) is 0 Å². The second-order valence-electron chi connectivity index (χ2n) is 10.5. The summed E-state index contributed by atoms with van der Waals surface area (Å²) in [7, 11) is 0. The first-order valence-corrected chi connectivity index (χ1v) is 12.7. The fourth-order valence-corrected chi connectivity index (χ4v) is 5.19. The molecule has 6 heteroatoms. The summed E-state index contributed by atoms with van der Waals surface area (Å²) in [5.74, 6) is 1.07. The number of hydrogen-bond acceptors (Lipinski definition) is 5. The number of ether oxygens (including phenoxy) is 1. The third-order valence-electron chi connectivity index (χ3n) is 6.62. The van der Waals surface area contributed by atoms with Crippen molar-refractivity contribution < 1.29 is 13.9 Å². The van der Waals surface area contributed by atoms with Crippen LogP contribution in [0.3, 0.4) is 0 Å². The number of pyridine rings is 1. The van der Waals surface area contributed by atoms with E-state index in [2.05, 4.69) is 22.4 Å². The van der Waals surface area contributed by atoms with E-state index in [1.54, 1.807) is 0 Å². The fourth-order valence-electron chi connectivity index (χ4n) is 4.96. The molecule has 2 aromatic carbocycles. The molecule has 0 saturated heterocycles. The Hall–Kier alpha value is -3.05. The molecule has 1 N–H and O–H groups in total. The van der Waals surface area contributed by atoms with Gasteiger partial charge in [0.2, 0.25) is 0 Å². The largest absolute Gasteiger partial charge is 0.460 e. The maximum Gasteiger partial charge on any atom is 0.306 e. The fraction of sp³-hybridized carbons (Fsp3) is 0.379. The van der Waals surface area contributed by atoms with Gasteiger partial charge in [-0.25, -0.2) is 0 Å². The minimum atomic E-state index is -0.431. The van der Waals surface area contributed by atoms with Crippen LogP contribution in [0.2, 0.25) is 5.02 Å². The molecule has 182 valence electrons. The molecule has 1 fully saturated rings. The van der Waals surface area contributed by atoms with Crippen molar-refractivity contribution in [2.24, 2.45) is 5.92 Å². The Balaban J connectivity index is 1.32. The van der Waals surface area contributed by atoms with Gasteiger partial charge in [0, 0.05) is 41.2 Å². The number of fused-ring (bicyclic) bond motifs is 2. The van der Waals surface area contributed by atoms with Crippen molar-refractivity contribution in [2.75, 3.05) is 5.32 Å². The summed E-state index contributed by atoms with van der Waals surface area (Å²) < 4.78 is 11.6. The van der Waals surface area contributed by atoms with Crippen LogP contribution < -0.4 is 5.32 Å². The molecule has 1 aliphatic carbocycles. The Morgan fingerprint density at radius 2 is 1.86 bits per heavy atom. The molecular weight excluding hydrogens is 460 g/mol. The summed E-state index contributed by atoms with van der Waals surface area (Å²) in [5, 5.41) is 7.42. The van der Waals surface area contributed by atoms with Crippen molar-refractivity contribution in [3.63, 3.8) is 0 Å². The van der Waals surface area contributed by atoms with Gasteiger partial charge in [0.05, 0.1) is 10.7 Å². The van der Waals surface area contributed by atoms with Crippen LogP contribution in [0.25, 0.3) is 33.1 Å². The number of nitrogens with zero attached hydrogens (tertiary/aromatic N) is 1. The Morgan fingerprint density at radius 1 is 1.09 bits per heavy atom. The highest BCUT2D eigenvalue weighted by atomic mass is 35.5. The molecule has 4 aromatic rings. The zero-order valence-electron chi connectivity index (χ0n) is 20.4. The van der Waals surface area contributed by atoms with Crippen molar-refractivity contribution in [3.05, 3.63) is 59.9 Å². The van der Waals surface area contributed by atoms with Crippen LogP contribution in [-0.2, 0) is 9.53 Å². The normalized spacial score (nSPS) is 18.6. The molecule has 0 atom stereocenters. The highest BCUT2D eigenvalue weighted by molar-refractivity contribution is 6.34. The van der Waals surface area contributed by atoms with Gasteiger partial charge in [-0.05, 0) is 82.0 Å². The van der Waals surface area contributed by atoms with E-state index in [0.717, 1.165) is 64.4 Å². The van der Waals surface area contributed by atoms with E-state index < -0.39 is 5.60 Å². The molecule has 0 amide bonds. The number of nitrogens with one attached hydrogen (secondary N) is 1. The van der Waals surface area contributed by atoms with Gasteiger partial charge in [-0.1, -0.05) is 29.8 Å². The lowest BCUT2D eigenvalue weighted by Crippen LogP contribution is -2.29. The number of benzene rings is 2. The monoisotopic (exact) mass is 490 g/mol. The molecule has 0 bridgehead atoms. The van der Waals surface area contributed by atoms with Crippen LogP contribution >= 0.6 is 11.6 Å². The van der Waals surface area contributed by atoms with Gasteiger partial charge in [0.25, 0.3) is 0 Å². The summed E-state index contributed by atoms with van der Waals surface area (Å²) in [4.78, 5) is 16.6. The average molecular weight is 491 g/mol. The third kappa shape index (κ3) is 5.46. The predicted octanol–water partition coefficient (Wildman–Crippen LogP) is 8.00. The average Bonchev–Trinajstić information content (AvgIpc) is 3.23. The standard InChI is InChI=1S/C29H31ClN2O3/c1-29(2,3)35-28(33)12-18-8-10-21(11-9-18)32-25-15-22-20(13-24(25)30)16-31-17-23(22)27-14-19-6-4-5-7-26(19)34-27/h4-7,13-18,21,32H,8-12H2,1-3H3. The molecule has 2 aromatic heterocycles. The lowest BCUT2D eigenvalue weighted by atomic mass is 9.84. The summed E-state index contributed by atoms with van der Waals surface area (Å²) in [6.07, 6.45) is 8.16. The van der Waals surface area contributed by atoms with Gasteiger partial charge < -0.3 is 14.5 Å². The highest BCUT2D eigenvalue weighted by Crippen LogP contribution is 2.37. The van der Waals surface area contributed by atoms with Crippen LogP contribution in [0, 0.1) is 5.92 Å². The number of anilines is 1. The van der Waals surface area contributed by atoms with Gasteiger partial charge in [-0.15, -0.1) is 0 Å². The number of esters is 1. The smallest absolute Gasteiger partial charge is 0.306 e. The number of aromatic nitrogens is 1. The summed E-state index contributed by atoms with van der Waals surface area (Å²) in [6.45, 7) is 5.73. The number of carbonyl (C=O) groups is 1. The summed E-state index contributed by atoms with van der Waals surface area (Å²) in [6, 6.07) is 14.4. The topological polar surface area (TPSA) is 64.4 Å². The first-order chi connectivity index (χ1) is 16.7. The molecule has 2 heterocycles.